The quantitative estimate of drug-likeness (QED) is 0.342. The molecule has 246 valence electrons. The second-order valence-electron chi connectivity index (χ2n) is 11.9. The van der Waals surface area contributed by atoms with Crippen molar-refractivity contribution < 1.29 is 41.8 Å². The maximum absolute atomic E-state index is 13.5. The average molecular weight is 646 g/mol. The number of nitrogens with zero attached hydrogens (tertiary/aromatic N) is 2. The Morgan fingerprint density at radius 2 is 1.69 bits per heavy atom. The van der Waals surface area contributed by atoms with Crippen molar-refractivity contribution in [2.45, 2.75) is 82.9 Å². The van der Waals surface area contributed by atoms with E-state index in [1.165, 1.54) is 28.4 Å². The van der Waals surface area contributed by atoms with Crippen LogP contribution in [0.25, 0.3) is 0 Å². The molecular formula is C32H43N3O9S. The number of carbonyl (C=O) groups is 4. The summed E-state index contributed by atoms with van der Waals surface area (Å²) in [5, 5.41) is 2.74. The summed E-state index contributed by atoms with van der Waals surface area (Å²) < 4.78 is 43.9. The number of aryl methyl sites for hydroxylation is 1. The van der Waals surface area contributed by atoms with E-state index in [0.717, 1.165) is 5.56 Å². The Kier molecular flexibility index (Phi) is 12.1. The predicted molar refractivity (Wildman–Crippen MR) is 166 cm³/mol. The molecule has 0 saturated carbocycles. The molecule has 0 bridgehead atoms. The maximum atomic E-state index is 13.5. The molecule has 1 aliphatic heterocycles. The minimum atomic E-state index is -3.94. The number of likely N-dealkylation sites (N-methyl/N-ethyl adjacent to an activating group) is 1. The summed E-state index contributed by atoms with van der Waals surface area (Å²) in [5.74, 6) is -1.36. The van der Waals surface area contributed by atoms with Crippen LogP contribution in [0.3, 0.4) is 0 Å². The summed E-state index contributed by atoms with van der Waals surface area (Å²) in [6, 6.07) is 10.8. The lowest BCUT2D eigenvalue weighted by Gasteiger charge is -2.28. The number of carbonyl (C=O) groups excluding carboxylic acids is 4. The van der Waals surface area contributed by atoms with Crippen LogP contribution in [0.15, 0.2) is 53.4 Å². The van der Waals surface area contributed by atoms with Crippen molar-refractivity contribution in [2.75, 3.05) is 26.7 Å². The van der Waals surface area contributed by atoms with Gasteiger partial charge in [0.25, 0.3) is 0 Å². The highest BCUT2D eigenvalue weighted by molar-refractivity contribution is 7.89. The minimum absolute atomic E-state index is 0.0471. The van der Waals surface area contributed by atoms with Gasteiger partial charge in [0.1, 0.15) is 30.0 Å². The van der Waals surface area contributed by atoms with Gasteiger partial charge in [0.15, 0.2) is 0 Å². The van der Waals surface area contributed by atoms with Crippen LogP contribution in [0.1, 0.15) is 58.1 Å². The van der Waals surface area contributed by atoms with E-state index in [1.54, 1.807) is 64.1 Å². The first-order valence-electron chi connectivity index (χ1n) is 14.9. The molecule has 1 fully saturated rings. The van der Waals surface area contributed by atoms with Crippen LogP contribution >= 0.6 is 0 Å². The van der Waals surface area contributed by atoms with Gasteiger partial charge in [-0.2, -0.15) is 4.31 Å². The van der Waals surface area contributed by atoms with Crippen molar-refractivity contribution >= 4 is 34.0 Å². The number of ether oxygens (including phenoxy) is 3. The Labute approximate surface area is 265 Å². The third kappa shape index (κ3) is 10.3. The number of hydrogen-bond donors (Lipinski definition) is 1. The SMILES string of the molecule is CCC(=O)OCCN(C)C(=O)Oc1ccc(C[C@H](NC(=O)[C@@H]2CCCN2S(=O)(=O)c2ccc(C)cc2)C(=O)OC(C)(C)C)cc1. The molecule has 0 radical (unpaired) electrons. The number of amides is 2. The fraction of sp³-hybridized carbons (Fsp3) is 0.500. The second kappa shape index (κ2) is 15.3. The molecule has 12 nitrogen and oxygen atoms in total. The van der Waals surface area contributed by atoms with Gasteiger partial charge in [-0.1, -0.05) is 36.8 Å². The molecule has 0 unspecified atom stereocenters. The molecular weight excluding hydrogens is 602 g/mol. The zero-order valence-electron chi connectivity index (χ0n) is 26.7. The van der Waals surface area contributed by atoms with Gasteiger partial charge < -0.3 is 24.4 Å². The number of nitrogens with one attached hydrogen (secondary N) is 1. The van der Waals surface area contributed by atoms with Crippen molar-refractivity contribution in [1.82, 2.24) is 14.5 Å². The van der Waals surface area contributed by atoms with E-state index in [1.807, 2.05) is 6.92 Å². The number of esters is 2. The molecule has 3 rings (SSSR count). The third-order valence-corrected chi connectivity index (χ3v) is 8.92. The lowest BCUT2D eigenvalue weighted by atomic mass is 10.0. The van der Waals surface area contributed by atoms with Crippen LogP contribution in [0, 0.1) is 6.92 Å². The molecule has 0 aromatic heterocycles. The van der Waals surface area contributed by atoms with Gasteiger partial charge in [-0.25, -0.2) is 18.0 Å². The Morgan fingerprint density at radius 3 is 2.29 bits per heavy atom. The van der Waals surface area contributed by atoms with Gasteiger partial charge in [-0.3, -0.25) is 9.59 Å². The van der Waals surface area contributed by atoms with Gasteiger partial charge in [0.05, 0.1) is 11.4 Å². The molecule has 45 heavy (non-hydrogen) atoms. The second-order valence-corrected chi connectivity index (χ2v) is 13.8. The monoisotopic (exact) mass is 645 g/mol. The average Bonchev–Trinajstić information content (AvgIpc) is 3.48. The molecule has 1 N–H and O–H groups in total. The first-order chi connectivity index (χ1) is 21.1. The van der Waals surface area contributed by atoms with Crippen LogP contribution < -0.4 is 10.1 Å². The van der Waals surface area contributed by atoms with Gasteiger partial charge >= 0.3 is 18.0 Å². The summed E-state index contributed by atoms with van der Waals surface area (Å²) in [6.07, 6.45) is 0.464. The van der Waals surface area contributed by atoms with Gasteiger partial charge in [-0.05, 0) is 70.4 Å². The fourth-order valence-corrected chi connectivity index (χ4v) is 6.22. The zero-order chi connectivity index (χ0) is 33.4. The van der Waals surface area contributed by atoms with E-state index >= 15 is 0 Å². The van der Waals surface area contributed by atoms with Gasteiger partial charge in [0, 0.05) is 26.4 Å². The normalized spacial score (nSPS) is 16.0. The molecule has 1 aliphatic rings. The van der Waals surface area contributed by atoms with Crippen LogP contribution in [-0.2, 0) is 40.3 Å². The Morgan fingerprint density at radius 1 is 1.04 bits per heavy atom. The molecule has 13 heteroatoms. The largest absolute Gasteiger partial charge is 0.464 e. The zero-order valence-corrected chi connectivity index (χ0v) is 27.5. The van der Waals surface area contributed by atoms with Crippen molar-refractivity contribution in [2.24, 2.45) is 0 Å². The van der Waals surface area contributed by atoms with Crippen LogP contribution in [0.5, 0.6) is 5.75 Å². The van der Waals surface area contributed by atoms with E-state index < -0.39 is 45.7 Å². The molecule has 1 heterocycles. The fourth-order valence-electron chi connectivity index (χ4n) is 4.57. The van der Waals surface area contributed by atoms with E-state index in [4.69, 9.17) is 14.2 Å². The molecule has 1 saturated heterocycles. The standard InChI is InChI=1S/C32H43N3O9S/c1-7-28(36)42-20-19-34(6)31(39)43-24-14-12-23(13-15-24)21-26(30(38)44-32(3,4)5)33-29(37)27-9-8-18-35(27)45(40,41)25-16-10-22(2)11-17-25/h10-17,26-27H,7-9,18-21H2,1-6H3,(H,33,37)/t26-,27-/m0/s1. The van der Waals surface area contributed by atoms with Crippen molar-refractivity contribution in [3.8, 4) is 5.75 Å². The summed E-state index contributed by atoms with van der Waals surface area (Å²) >= 11 is 0. The third-order valence-electron chi connectivity index (χ3n) is 7.00. The maximum Gasteiger partial charge on any atom is 0.415 e. The smallest absolute Gasteiger partial charge is 0.415 e. The molecule has 2 aromatic rings. The minimum Gasteiger partial charge on any atom is -0.464 e. The highest BCUT2D eigenvalue weighted by Gasteiger charge is 2.41. The topological polar surface area (TPSA) is 149 Å². The summed E-state index contributed by atoms with van der Waals surface area (Å²) in [7, 11) is -2.42. The Balaban J connectivity index is 1.70. The van der Waals surface area contributed by atoms with E-state index in [0.29, 0.717) is 18.4 Å². The molecule has 0 aliphatic carbocycles. The first-order valence-corrected chi connectivity index (χ1v) is 16.3. The predicted octanol–water partition coefficient (Wildman–Crippen LogP) is 3.60. The Bertz CT molecular complexity index is 1450. The number of hydrogen-bond acceptors (Lipinski definition) is 9. The molecule has 2 amide bonds. The number of sulfonamides is 1. The lowest BCUT2D eigenvalue weighted by molar-refractivity contribution is -0.158. The van der Waals surface area contributed by atoms with Gasteiger partial charge in [-0.15, -0.1) is 0 Å². The van der Waals surface area contributed by atoms with Crippen molar-refractivity contribution in [3.05, 3.63) is 59.7 Å². The van der Waals surface area contributed by atoms with Gasteiger partial charge in [0.2, 0.25) is 15.9 Å². The summed E-state index contributed by atoms with van der Waals surface area (Å²) in [4.78, 5) is 51.8. The van der Waals surface area contributed by atoms with Crippen molar-refractivity contribution in [3.63, 3.8) is 0 Å². The van der Waals surface area contributed by atoms with Crippen molar-refractivity contribution in [1.29, 1.82) is 0 Å². The lowest BCUT2D eigenvalue weighted by Crippen LogP contribution is -2.52. The van der Waals surface area contributed by atoms with Crippen LogP contribution in [0.2, 0.25) is 0 Å². The van der Waals surface area contributed by atoms with Crippen LogP contribution in [-0.4, -0.2) is 86.0 Å². The Hall–Kier alpha value is -3.97. The van der Waals surface area contributed by atoms with E-state index in [2.05, 4.69) is 5.32 Å². The highest BCUT2D eigenvalue weighted by atomic mass is 32.2. The van der Waals surface area contributed by atoms with E-state index in [-0.39, 0.29) is 49.2 Å². The van der Waals surface area contributed by atoms with E-state index in [9.17, 15) is 27.6 Å². The molecule has 2 atom stereocenters. The summed E-state index contributed by atoms with van der Waals surface area (Å²) in [5.41, 5.74) is 0.726. The number of rotatable bonds is 12. The number of benzene rings is 2. The highest BCUT2D eigenvalue weighted by Crippen LogP contribution is 2.27. The first kappa shape index (κ1) is 35.5. The summed E-state index contributed by atoms with van der Waals surface area (Å²) in [6.45, 7) is 9.06. The molecule has 2 aromatic carbocycles. The molecule has 0 spiro atoms. The van der Waals surface area contributed by atoms with Crippen LogP contribution in [0.4, 0.5) is 4.79 Å².